The van der Waals surface area contributed by atoms with Gasteiger partial charge in [-0.25, -0.2) is 4.99 Å². The number of hydrogen-bond acceptors (Lipinski definition) is 2. The normalized spacial score (nSPS) is 13.4. The van der Waals surface area contributed by atoms with Crippen molar-refractivity contribution in [1.29, 1.82) is 0 Å². The molecule has 0 unspecified atom stereocenters. The maximum absolute atomic E-state index is 6.37. The zero-order chi connectivity index (χ0) is 18.4. The molecule has 0 amide bonds. The minimum Gasteiger partial charge on any atom is -0.369 e. The first kappa shape index (κ1) is 15.8. The van der Waals surface area contributed by atoms with E-state index in [1.165, 1.54) is 21.9 Å². The van der Waals surface area contributed by atoms with Crippen molar-refractivity contribution in [3.05, 3.63) is 78.0 Å². The van der Waals surface area contributed by atoms with Crippen LogP contribution in [0.3, 0.4) is 0 Å². The highest BCUT2D eigenvalue weighted by Crippen LogP contribution is 2.37. The van der Waals surface area contributed by atoms with Crippen LogP contribution in [0.15, 0.2) is 71.9 Å². The molecular formula is C23H20N4. The minimum absolute atomic E-state index is 0.484. The summed E-state index contributed by atoms with van der Waals surface area (Å²) in [5.41, 5.74) is 12.0. The summed E-state index contributed by atoms with van der Waals surface area (Å²) in [6.07, 6.45) is 3.90. The summed E-state index contributed by atoms with van der Waals surface area (Å²) in [5, 5.41) is 3.72. The molecule has 4 aromatic rings. The van der Waals surface area contributed by atoms with E-state index in [0.29, 0.717) is 5.96 Å². The lowest BCUT2D eigenvalue weighted by atomic mass is 10.0. The second-order valence-electron chi connectivity index (χ2n) is 6.99. The van der Waals surface area contributed by atoms with Crippen molar-refractivity contribution in [3.63, 3.8) is 0 Å². The van der Waals surface area contributed by atoms with E-state index in [1.54, 1.807) is 6.20 Å². The lowest BCUT2D eigenvalue weighted by Gasteiger charge is -2.19. The smallest absolute Gasteiger partial charge is 0.200 e. The molecule has 5 rings (SSSR count). The summed E-state index contributed by atoms with van der Waals surface area (Å²) in [6, 6.07) is 20.8. The predicted molar refractivity (Wildman–Crippen MR) is 113 cm³/mol. The molecule has 0 spiro atoms. The van der Waals surface area contributed by atoms with E-state index in [4.69, 9.17) is 10.7 Å². The molecule has 0 radical (unpaired) electrons. The van der Waals surface area contributed by atoms with Gasteiger partial charge in [0.1, 0.15) is 0 Å². The number of pyridine rings is 1. The Hall–Kier alpha value is -3.40. The highest BCUT2D eigenvalue weighted by atomic mass is 15.2. The number of aromatic nitrogens is 1. The predicted octanol–water partition coefficient (Wildman–Crippen LogP) is 4.57. The number of guanidine groups is 1. The van der Waals surface area contributed by atoms with Gasteiger partial charge in [-0.05, 0) is 65.1 Å². The van der Waals surface area contributed by atoms with Crippen LogP contribution in [-0.2, 0) is 12.8 Å². The molecule has 1 heterocycles. The van der Waals surface area contributed by atoms with Crippen LogP contribution in [0.4, 0.5) is 11.4 Å². The number of nitrogens with two attached hydrogens (primary N) is 1. The Bertz CT molecular complexity index is 1210. The molecule has 1 aromatic heterocycles. The Morgan fingerprint density at radius 3 is 2.81 bits per heavy atom. The molecule has 0 fully saturated rings. The molecule has 2 N–H and O–H groups in total. The SMILES string of the molecule is CN(C(N)=Nc1ccc2cccc3c2c1CC3)c1ccc2ncccc2c1. The fraction of sp³-hybridized carbons (Fsp3) is 0.130. The van der Waals surface area contributed by atoms with E-state index < -0.39 is 0 Å². The van der Waals surface area contributed by atoms with Gasteiger partial charge in [-0.3, -0.25) is 4.98 Å². The number of rotatable bonds is 2. The second kappa shape index (κ2) is 6.09. The van der Waals surface area contributed by atoms with Crippen LogP contribution in [0.25, 0.3) is 21.7 Å². The monoisotopic (exact) mass is 352 g/mol. The Morgan fingerprint density at radius 1 is 1.00 bits per heavy atom. The van der Waals surface area contributed by atoms with Gasteiger partial charge in [0, 0.05) is 24.3 Å². The van der Waals surface area contributed by atoms with E-state index in [0.717, 1.165) is 35.1 Å². The average molecular weight is 352 g/mol. The molecule has 0 atom stereocenters. The molecule has 0 bridgehead atoms. The lowest BCUT2D eigenvalue weighted by molar-refractivity contribution is 1.02. The number of aliphatic imine (C=N–C) groups is 1. The summed E-state index contributed by atoms with van der Waals surface area (Å²) >= 11 is 0. The lowest BCUT2D eigenvalue weighted by Crippen LogP contribution is -2.33. The summed E-state index contributed by atoms with van der Waals surface area (Å²) in [4.78, 5) is 11.1. The molecule has 0 saturated carbocycles. The van der Waals surface area contributed by atoms with Crippen molar-refractivity contribution in [2.45, 2.75) is 12.8 Å². The Balaban J connectivity index is 1.54. The van der Waals surface area contributed by atoms with Crippen molar-refractivity contribution in [2.75, 3.05) is 11.9 Å². The quantitative estimate of drug-likeness (QED) is 0.425. The van der Waals surface area contributed by atoms with Gasteiger partial charge < -0.3 is 10.6 Å². The molecule has 1 aliphatic rings. The molecular weight excluding hydrogens is 332 g/mol. The number of anilines is 1. The average Bonchev–Trinajstić information content (AvgIpc) is 3.15. The van der Waals surface area contributed by atoms with Crippen molar-refractivity contribution in [1.82, 2.24) is 4.98 Å². The molecule has 0 aliphatic heterocycles. The summed E-state index contributed by atoms with van der Waals surface area (Å²) < 4.78 is 0. The molecule has 4 nitrogen and oxygen atoms in total. The Labute approximate surface area is 158 Å². The van der Waals surface area contributed by atoms with Gasteiger partial charge in [-0.15, -0.1) is 0 Å². The van der Waals surface area contributed by atoms with Crippen molar-refractivity contribution >= 4 is 39.0 Å². The highest BCUT2D eigenvalue weighted by molar-refractivity contribution is 6.00. The number of fused-ring (bicyclic) bond motifs is 1. The van der Waals surface area contributed by atoms with E-state index in [9.17, 15) is 0 Å². The van der Waals surface area contributed by atoms with Gasteiger partial charge in [0.2, 0.25) is 5.96 Å². The van der Waals surface area contributed by atoms with Gasteiger partial charge in [0.25, 0.3) is 0 Å². The van der Waals surface area contributed by atoms with Gasteiger partial charge in [0.05, 0.1) is 11.2 Å². The van der Waals surface area contributed by atoms with E-state index in [1.807, 2.05) is 30.1 Å². The van der Waals surface area contributed by atoms with Gasteiger partial charge in [-0.1, -0.05) is 30.3 Å². The number of hydrogen-bond donors (Lipinski definition) is 1. The summed E-state index contributed by atoms with van der Waals surface area (Å²) in [6.45, 7) is 0. The van der Waals surface area contributed by atoms with Crippen LogP contribution in [-0.4, -0.2) is 18.0 Å². The molecule has 132 valence electrons. The number of benzene rings is 3. The van der Waals surface area contributed by atoms with Crippen molar-refractivity contribution in [2.24, 2.45) is 10.7 Å². The van der Waals surface area contributed by atoms with E-state index in [2.05, 4.69) is 47.4 Å². The minimum atomic E-state index is 0.484. The van der Waals surface area contributed by atoms with E-state index >= 15 is 0 Å². The Kier molecular flexibility index (Phi) is 3.57. The van der Waals surface area contributed by atoms with Crippen molar-refractivity contribution in [3.8, 4) is 0 Å². The van der Waals surface area contributed by atoms with Crippen molar-refractivity contribution < 1.29 is 0 Å². The zero-order valence-electron chi connectivity index (χ0n) is 15.2. The van der Waals surface area contributed by atoms with Crippen LogP contribution in [0.5, 0.6) is 0 Å². The Morgan fingerprint density at radius 2 is 1.89 bits per heavy atom. The fourth-order valence-electron chi connectivity index (χ4n) is 3.95. The summed E-state index contributed by atoms with van der Waals surface area (Å²) in [7, 11) is 1.95. The van der Waals surface area contributed by atoms with Crippen LogP contribution in [0.1, 0.15) is 11.1 Å². The third-order valence-electron chi connectivity index (χ3n) is 5.41. The second-order valence-corrected chi connectivity index (χ2v) is 6.99. The molecule has 3 aromatic carbocycles. The van der Waals surface area contributed by atoms with Crippen LogP contribution in [0.2, 0.25) is 0 Å². The fourth-order valence-corrected chi connectivity index (χ4v) is 3.95. The maximum Gasteiger partial charge on any atom is 0.200 e. The first-order valence-corrected chi connectivity index (χ1v) is 9.17. The topological polar surface area (TPSA) is 54.5 Å². The molecule has 27 heavy (non-hydrogen) atoms. The largest absolute Gasteiger partial charge is 0.369 e. The molecule has 4 heteroatoms. The van der Waals surface area contributed by atoms with Gasteiger partial charge in [-0.2, -0.15) is 0 Å². The number of aryl methyl sites for hydroxylation is 2. The molecule has 0 saturated heterocycles. The number of nitrogens with zero attached hydrogens (tertiary/aromatic N) is 3. The van der Waals surface area contributed by atoms with E-state index in [-0.39, 0.29) is 0 Å². The summed E-state index contributed by atoms with van der Waals surface area (Å²) in [5.74, 6) is 0.484. The van der Waals surface area contributed by atoms with Crippen LogP contribution in [0, 0.1) is 0 Å². The maximum atomic E-state index is 6.37. The first-order valence-electron chi connectivity index (χ1n) is 9.17. The molecule has 1 aliphatic carbocycles. The van der Waals surface area contributed by atoms with Gasteiger partial charge in [0.15, 0.2) is 0 Å². The first-order chi connectivity index (χ1) is 13.2. The third-order valence-corrected chi connectivity index (χ3v) is 5.41. The highest BCUT2D eigenvalue weighted by Gasteiger charge is 2.18. The zero-order valence-corrected chi connectivity index (χ0v) is 15.2. The third kappa shape index (κ3) is 2.61. The van der Waals surface area contributed by atoms with Gasteiger partial charge >= 0.3 is 0 Å². The van der Waals surface area contributed by atoms with Crippen LogP contribution < -0.4 is 10.6 Å². The standard InChI is InChI=1S/C23H20N4/c1-27(18-9-12-20-17(14-18)6-3-13-25-20)23(24)26-21-11-8-16-5-2-4-15-7-10-19(21)22(15)16/h2-6,8-9,11-14H,7,10H2,1H3,(H2,24,26). The van der Waals surface area contributed by atoms with Crippen LogP contribution >= 0.6 is 0 Å².